The van der Waals surface area contributed by atoms with Crippen LogP contribution in [0.3, 0.4) is 0 Å². The molecule has 1 fully saturated rings. The number of thiocarbonyl (C=S) groups is 1. The number of carboxylic acid groups (broad SMARTS) is 1. The highest BCUT2D eigenvalue weighted by atomic mass is 32.2. The van der Waals surface area contributed by atoms with E-state index in [1.807, 2.05) is 42.5 Å². The highest BCUT2D eigenvalue weighted by Crippen LogP contribution is 2.36. The zero-order chi connectivity index (χ0) is 18.1. The van der Waals surface area contributed by atoms with Gasteiger partial charge in [0.1, 0.15) is 4.32 Å². The van der Waals surface area contributed by atoms with Gasteiger partial charge in [-0.05, 0) is 28.3 Å². The van der Waals surface area contributed by atoms with E-state index in [4.69, 9.17) is 12.2 Å². The van der Waals surface area contributed by atoms with Gasteiger partial charge in [-0.1, -0.05) is 80.3 Å². The Labute approximate surface area is 155 Å². The molecule has 0 bridgehead atoms. The molecule has 0 N–H and O–H groups in total. The third kappa shape index (κ3) is 3.32. The van der Waals surface area contributed by atoms with E-state index in [-0.39, 0.29) is 16.1 Å². The van der Waals surface area contributed by atoms with Crippen LogP contribution < -0.4 is 5.11 Å². The lowest BCUT2D eigenvalue weighted by atomic mass is 10.0. The molecule has 25 heavy (non-hydrogen) atoms. The number of carbonyl (C=O) groups is 2. The largest absolute Gasteiger partial charge is 0.548 e. The zero-order valence-corrected chi connectivity index (χ0v) is 15.4. The summed E-state index contributed by atoms with van der Waals surface area (Å²) < 4.78 is 0.249. The van der Waals surface area contributed by atoms with Crippen molar-refractivity contribution in [3.8, 4) is 0 Å². The van der Waals surface area contributed by atoms with E-state index < -0.39 is 12.0 Å². The summed E-state index contributed by atoms with van der Waals surface area (Å²) in [6.07, 6.45) is 1.77. The molecule has 4 nitrogen and oxygen atoms in total. The van der Waals surface area contributed by atoms with Crippen LogP contribution in [-0.2, 0) is 9.59 Å². The summed E-state index contributed by atoms with van der Waals surface area (Å²) in [7, 11) is 0. The molecule has 1 aliphatic rings. The van der Waals surface area contributed by atoms with Gasteiger partial charge in [-0.3, -0.25) is 9.69 Å². The van der Waals surface area contributed by atoms with E-state index in [1.54, 1.807) is 19.9 Å². The van der Waals surface area contributed by atoms with Crippen molar-refractivity contribution in [1.29, 1.82) is 0 Å². The Morgan fingerprint density at radius 3 is 2.56 bits per heavy atom. The summed E-state index contributed by atoms with van der Waals surface area (Å²) in [5, 5.41) is 13.6. The molecule has 128 valence electrons. The van der Waals surface area contributed by atoms with E-state index in [0.717, 1.165) is 33.0 Å². The summed E-state index contributed by atoms with van der Waals surface area (Å²) in [6.45, 7) is 3.46. The minimum Gasteiger partial charge on any atom is -0.548 e. The van der Waals surface area contributed by atoms with Crippen LogP contribution in [-0.4, -0.2) is 27.1 Å². The summed E-state index contributed by atoms with van der Waals surface area (Å²) in [6, 6.07) is 12.7. The number of hydrogen-bond donors (Lipinski definition) is 0. The van der Waals surface area contributed by atoms with E-state index in [0.29, 0.717) is 4.91 Å². The lowest BCUT2D eigenvalue weighted by Crippen LogP contribution is -2.52. The number of fused-ring (bicyclic) bond motifs is 1. The molecule has 0 aromatic heterocycles. The van der Waals surface area contributed by atoms with Crippen molar-refractivity contribution in [1.82, 2.24) is 4.90 Å². The SMILES string of the molecule is CC(C)C(C(=O)[O-])N1C(=O)C(=Cc2cccc3ccccc23)SC1=S. The molecule has 6 heteroatoms. The highest BCUT2D eigenvalue weighted by Gasteiger charge is 2.39. The van der Waals surface area contributed by atoms with E-state index >= 15 is 0 Å². The molecule has 1 atom stereocenters. The fraction of sp³-hybridized carbons (Fsp3) is 0.211. The van der Waals surface area contributed by atoms with Crippen molar-refractivity contribution in [2.45, 2.75) is 19.9 Å². The lowest BCUT2D eigenvalue weighted by molar-refractivity contribution is -0.311. The Morgan fingerprint density at radius 1 is 1.20 bits per heavy atom. The van der Waals surface area contributed by atoms with Crippen LogP contribution in [0.15, 0.2) is 47.4 Å². The first-order valence-corrected chi connectivity index (χ1v) is 9.08. The van der Waals surface area contributed by atoms with Gasteiger partial charge in [0.25, 0.3) is 5.91 Å². The van der Waals surface area contributed by atoms with E-state index in [1.165, 1.54) is 0 Å². The lowest BCUT2D eigenvalue weighted by Gasteiger charge is -2.30. The first-order valence-electron chi connectivity index (χ1n) is 7.86. The first kappa shape index (κ1) is 17.6. The molecular formula is C19H16NO3S2-. The molecule has 1 saturated heterocycles. The van der Waals surface area contributed by atoms with Crippen LogP contribution in [0.4, 0.5) is 0 Å². The fourth-order valence-electron chi connectivity index (χ4n) is 2.91. The smallest absolute Gasteiger partial charge is 0.266 e. The molecule has 1 heterocycles. The van der Waals surface area contributed by atoms with Crippen molar-refractivity contribution in [3.63, 3.8) is 0 Å². The summed E-state index contributed by atoms with van der Waals surface area (Å²) in [5.41, 5.74) is 0.896. The number of rotatable bonds is 4. The molecule has 2 aromatic carbocycles. The Balaban J connectivity index is 2.02. The maximum Gasteiger partial charge on any atom is 0.266 e. The first-order chi connectivity index (χ1) is 11.9. The minimum absolute atomic E-state index is 0.249. The molecule has 0 saturated carbocycles. The molecule has 0 radical (unpaired) electrons. The number of carboxylic acids is 1. The number of carbonyl (C=O) groups excluding carboxylic acids is 2. The third-order valence-electron chi connectivity index (χ3n) is 4.08. The van der Waals surface area contributed by atoms with Crippen molar-refractivity contribution in [2.24, 2.45) is 5.92 Å². The maximum atomic E-state index is 12.8. The molecule has 2 aromatic rings. The van der Waals surface area contributed by atoms with E-state index in [9.17, 15) is 14.7 Å². The predicted octanol–water partition coefficient (Wildman–Crippen LogP) is 2.82. The quantitative estimate of drug-likeness (QED) is 0.612. The Morgan fingerprint density at radius 2 is 1.88 bits per heavy atom. The number of amides is 1. The second kappa shape index (κ2) is 6.98. The predicted molar refractivity (Wildman–Crippen MR) is 103 cm³/mol. The molecule has 1 unspecified atom stereocenters. The van der Waals surface area contributed by atoms with Crippen molar-refractivity contribution < 1.29 is 14.7 Å². The standard InChI is InChI=1S/C19H17NO3S2/c1-11(2)16(18(22)23)20-17(21)15(25-19(20)24)10-13-8-5-7-12-6-3-4-9-14(12)13/h3-11,16H,1-2H3,(H,22,23)/p-1. The Bertz CT molecular complexity index is 899. The van der Waals surface area contributed by atoms with Gasteiger partial charge in [-0.15, -0.1) is 0 Å². The molecule has 1 aliphatic heterocycles. The molecular weight excluding hydrogens is 354 g/mol. The Hall–Kier alpha value is -2.18. The van der Waals surface area contributed by atoms with Crippen LogP contribution in [0.25, 0.3) is 16.8 Å². The summed E-state index contributed by atoms with van der Waals surface area (Å²) in [4.78, 5) is 25.8. The zero-order valence-electron chi connectivity index (χ0n) is 13.8. The Kier molecular flexibility index (Phi) is 4.92. The summed E-state index contributed by atoms with van der Waals surface area (Å²) >= 11 is 6.38. The second-order valence-corrected chi connectivity index (χ2v) is 7.80. The molecule has 0 spiro atoms. The van der Waals surface area contributed by atoms with Gasteiger partial charge in [0, 0.05) is 0 Å². The van der Waals surface area contributed by atoms with Crippen molar-refractivity contribution in [2.75, 3.05) is 0 Å². The number of benzene rings is 2. The normalized spacial score (nSPS) is 17.7. The van der Waals surface area contributed by atoms with Crippen LogP contribution in [0.1, 0.15) is 19.4 Å². The highest BCUT2D eigenvalue weighted by molar-refractivity contribution is 8.26. The fourth-order valence-corrected chi connectivity index (χ4v) is 4.23. The van der Waals surface area contributed by atoms with Gasteiger partial charge >= 0.3 is 0 Å². The number of thioether (sulfide) groups is 1. The molecule has 0 aliphatic carbocycles. The van der Waals surface area contributed by atoms with Gasteiger partial charge in [0.15, 0.2) is 0 Å². The topological polar surface area (TPSA) is 60.4 Å². The van der Waals surface area contributed by atoms with Crippen molar-refractivity contribution >= 4 is 57.0 Å². The van der Waals surface area contributed by atoms with Gasteiger partial charge in [0.2, 0.25) is 0 Å². The molecule has 1 amide bonds. The summed E-state index contributed by atoms with van der Waals surface area (Å²) in [5.74, 6) is -1.98. The van der Waals surface area contributed by atoms with Crippen LogP contribution in [0.2, 0.25) is 0 Å². The van der Waals surface area contributed by atoms with Gasteiger partial charge < -0.3 is 9.90 Å². The average Bonchev–Trinajstić information content (AvgIpc) is 2.83. The third-order valence-corrected chi connectivity index (χ3v) is 5.42. The number of hydrogen-bond acceptors (Lipinski definition) is 5. The van der Waals surface area contributed by atoms with Gasteiger partial charge in [-0.25, -0.2) is 0 Å². The van der Waals surface area contributed by atoms with Crippen LogP contribution >= 0.6 is 24.0 Å². The van der Waals surface area contributed by atoms with Crippen LogP contribution in [0.5, 0.6) is 0 Å². The maximum absolute atomic E-state index is 12.8. The average molecular weight is 370 g/mol. The second-order valence-electron chi connectivity index (χ2n) is 6.13. The van der Waals surface area contributed by atoms with E-state index in [2.05, 4.69) is 0 Å². The number of aliphatic carboxylic acids is 1. The molecule has 3 rings (SSSR count). The number of nitrogens with zero attached hydrogens (tertiary/aromatic N) is 1. The van der Waals surface area contributed by atoms with Gasteiger partial charge in [0.05, 0.1) is 16.9 Å². The van der Waals surface area contributed by atoms with Crippen molar-refractivity contribution in [3.05, 3.63) is 52.9 Å². The van der Waals surface area contributed by atoms with Gasteiger partial charge in [-0.2, -0.15) is 0 Å². The van der Waals surface area contributed by atoms with Crippen LogP contribution in [0, 0.1) is 5.92 Å². The minimum atomic E-state index is -1.29. The monoisotopic (exact) mass is 370 g/mol.